The summed E-state index contributed by atoms with van der Waals surface area (Å²) in [5, 5.41) is 10.0. The minimum absolute atomic E-state index is 0.288. The van der Waals surface area contributed by atoms with Gasteiger partial charge < -0.3 is 25.0 Å². The number of hydrogen-bond donors (Lipinski definition) is 2. The lowest BCUT2D eigenvalue weighted by Gasteiger charge is -2.13. The van der Waals surface area contributed by atoms with Crippen LogP contribution in [-0.2, 0) is 15.9 Å². The summed E-state index contributed by atoms with van der Waals surface area (Å²) >= 11 is 1.76. The van der Waals surface area contributed by atoms with Crippen LogP contribution in [0.5, 0.6) is 0 Å². The number of hydrogen-bond acceptors (Lipinski definition) is 6. The first-order chi connectivity index (χ1) is 12.8. The Hall–Kier alpha value is -1.38. The van der Waals surface area contributed by atoms with E-state index in [9.17, 15) is 0 Å². The van der Waals surface area contributed by atoms with Crippen molar-refractivity contribution in [2.75, 3.05) is 57.9 Å². The van der Waals surface area contributed by atoms with Crippen LogP contribution in [0.2, 0.25) is 0 Å². The van der Waals surface area contributed by atoms with Gasteiger partial charge in [-0.2, -0.15) is 0 Å². The molecule has 2 aliphatic heterocycles. The topological polar surface area (TPSA) is 71.0 Å². The van der Waals surface area contributed by atoms with Crippen LogP contribution in [0.3, 0.4) is 0 Å². The molecule has 0 amide bonds. The second-order valence-electron chi connectivity index (χ2n) is 6.70. The molecule has 1 atom stereocenters. The predicted octanol–water partition coefficient (Wildman–Crippen LogP) is 1.65. The lowest BCUT2D eigenvalue weighted by molar-refractivity contribution is 0.0420. The SMILES string of the molecule is CN=C(NCCCOC1CCOC1)NCCc1csc(N2CCCC2)n1. The zero-order valence-corrected chi connectivity index (χ0v) is 16.5. The molecule has 2 N–H and O–H groups in total. The van der Waals surface area contributed by atoms with E-state index in [1.807, 2.05) is 0 Å². The van der Waals surface area contributed by atoms with Gasteiger partial charge in [0.25, 0.3) is 0 Å². The van der Waals surface area contributed by atoms with E-state index in [1.54, 1.807) is 18.4 Å². The summed E-state index contributed by atoms with van der Waals surface area (Å²) in [7, 11) is 1.80. The molecule has 7 nitrogen and oxygen atoms in total. The second-order valence-corrected chi connectivity index (χ2v) is 7.54. The molecule has 3 heterocycles. The van der Waals surface area contributed by atoms with Crippen LogP contribution in [-0.4, -0.2) is 70.1 Å². The van der Waals surface area contributed by atoms with Crippen molar-refractivity contribution >= 4 is 22.4 Å². The number of ether oxygens (including phenoxy) is 2. The highest BCUT2D eigenvalue weighted by Crippen LogP contribution is 2.24. The number of aliphatic imine (C=N–C) groups is 1. The Morgan fingerprint density at radius 1 is 1.38 bits per heavy atom. The van der Waals surface area contributed by atoms with Crippen LogP contribution in [0.15, 0.2) is 10.4 Å². The molecule has 26 heavy (non-hydrogen) atoms. The Morgan fingerprint density at radius 3 is 3.00 bits per heavy atom. The van der Waals surface area contributed by atoms with Gasteiger partial charge in [-0.3, -0.25) is 4.99 Å². The maximum absolute atomic E-state index is 5.77. The fourth-order valence-electron chi connectivity index (χ4n) is 3.17. The van der Waals surface area contributed by atoms with Gasteiger partial charge >= 0.3 is 0 Å². The van der Waals surface area contributed by atoms with E-state index in [4.69, 9.17) is 14.5 Å². The highest BCUT2D eigenvalue weighted by Gasteiger charge is 2.16. The molecule has 0 aliphatic carbocycles. The number of nitrogens with one attached hydrogen (secondary N) is 2. The fourth-order valence-corrected chi connectivity index (χ4v) is 4.08. The monoisotopic (exact) mass is 381 g/mol. The van der Waals surface area contributed by atoms with Gasteiger partial charge in [-0.15, -0.1) is 11.3 Å². The van der Waals surface area contributed by atoms with Crippen molar-refractivity contribution in [1.29, 1.82) is 0 Å². The molecule has 3 rings (SSSR count). The number of guanidine groups is 1. The van der Waals surface area contributed by atoms with Crippen molar-refractivity contribution in [3.63, 3.8) is 0 Å². The van der Waals surface area contributed by atoms with Crippen molar-refractivity contribution < 1.29 is 9.47 Å². The van der Waals surface area contributed by atoms with Crippen molar-refractivity contribution in [2.45, 2.75) is 38.2 Å². The summed E-state index contributed by atoms with van der Waals surface area (Å²) < 4.78 is 11.1. The molecule has 0 radical (unpaired) electrons. The molecule has 1 unspecified atom stereocenters. The Morgan fingerprint density at radius 2 is 2.23 bits per heavy atom. The van der Waals surface area contributed by atoms with E-state index in [0.717, 1.165) is 76.9 Å². The summed E-state index contributed by atoms with van der Waals surface area (Å²) in [4.78, 5) is 11.4. The Kier molecular flexibility index (Phi) is 7.97. The molecule has 1 aromatic rings. The normalized spacial score (nSPS) is 20.7. The third-order valence-electron chi connectivity index (χ3n) is 4.67. The van der Waals surface area contributed by atoms with Gasteiger partial charge in [-0.05, 0) is 25.7 Å². The van der Waals surface area contributed by atoms with Crippen LogP contribution < -0.4 is 15.5 Å². The molecule has 0 aromatic carbocycles. The largest absolute Gasteiger partial charge is 0.379 e. The first kappa shape index (κ1) is 19.4. The zero-order chi connectivity index (χ0) is 18.0. The van der Waals surface area contributed by atoms with Gasteiger partial charge in [0.1, 0.15) is 0 Å². The first-order valence-corrected chi connectivity index (χ1v) is 10.6. The van der Waals surface area contributed by atoms with Crippen molar-refractivity contribution in [3.8, 4) is 0 Å². The van der Waals surface area contributed by atoms with E-state index in [-0.39, 0.29) is 6.10 Å². The van der Waals surface area contributed by atoms with Crippen LogP contribution >= 0.6 is 11.3 Å². The average molecular weight is 382 g/mol. The predicted molar refractivity (Wildman–Crippen MR) is 106 cm³/mol. The molecule has 0 spiro atoms. The zero-order valence-electron chi connectivity index (χ0n) is 15.7. The second kappa shape index (κ2) is 10.7. The van der Waals surface area contributed by atoms with E-state index in [1.165, 1.54) is 18.0 Å². The summed E-state index contributed by atoms with van der Waals surface area (Å²) in [6.07, 6.45) is 5.76. The molecule has 8 heteroatoms. The van der Waals surface area contributed by atoms with Gasteiger partial charge in [0, 0.05) is 58.2 Å². The highest BCUT2D eigenvalue weighted by molar-refractivity contribution is 7.13. The maximum atomic E-state index is 5.77. The van der Waals surface area contributed by atoms with Crippen LogP contribution in [0.4, 0.5) is 5.13 Å². The maximum Gasteiger partial charge on any atom is 0.190 e. The molecule has 2 saturated heterocycles. The Labute approximate surface area is 160 Å². The molecule has 0 saturated carbocycles. The lowest BCUT2D eigenvalue weighted by atomic mass is 10.3. The fraction of sp³-hybridized carbons (Fsp3) is 0.778. The number of aromatic nitrogens is 1. The third kappa shape index (κ3) is 6.10. The van der Waals surface area contributed by atoms with E-state index in [2.05, 4.69) is 25.9 Å². The quantitative estimate of drug-likeness (QED) is 0.385. The standard InChI is InChI=1S/C18H31N5O2S/c1-19-17(20-7-4-11-25-16-6-12-24-13-16)21-8-5-15-14-26-18(22-15)23-9-2-3-10-23/h14,16H,2-13H2,1H3,(H2,19,20,21). The van der Waals surface area contributed by atoms with Crippen LogP contribution in [0, 0.1) is 0 Å². The molecular formula is C18H31N5O2S. The van der Waals surface area contributed by atoms with Crippen molar-refractivity contribution in [3.05, 3.63) is 11.1 Å². The number of thiazole rings is 1. The summed E-state index contributed by atoms with van der Waals surface area (Å²) in [6.45, 7) is 6.32. The third-order valence-corrected chi connectivity index (χ3v) is 5.62. The van der Waals surface area contributed by atoms with E-state index >= 15 is 0 Å². The molecule has 0 bridgehead atoms. The van der Waals surface area contributed by atoms with Crippen molar-refractivity contribution in [1.82, 2.24) is 15.6 Å². The van der Waals surface area contributed by atoms with Crippen LogP contribution in [0.1, 0.15) is 31.4 Å². The average Bonchev–Trinajstić information content (AvgIpc) is 3.41. The van der Waals surface area contributed by atoms with E-state index < -0.39 is 0 Å². The molecule has 2 aliphatic rings. The van der Waals surface area contributed by atoms with Gasteiger partial charge in [0.05, 0.1) is 18.4 Å². The van der Waals surface area contributed by atoms with Crippen molar-refractivity contribution in [2.24, 2.45) is 4.99 Å². The highest BCUT2D eigenvalue weighted by atomic mass is 32.1. The molecule has 1 aromatic heterocycles. The van der Waals surface area contributed by atoms with Gasteiger partial charge in [0.15, 0.2) is 11.1 Å². The van der Waals surface area contributed by atoms with E-state index in [0.29, 0.717) is 0 Å². The first-order valence-electron chi connectivity index (χ1n) is 9.68. The minimum Gasteiger partial charge on any atom is -0.379 e. The summed E-state index contributed by atoms with van der Waals surface area (Å²) in [5.74, 6) is 0.837. The van der Waals surface area contributed by atoms with Gasteiger partial charge in [-0.25, -0.2) is 4.98 Å². The molecule has 146 valence electrons. The number of rotatable bonds is 9. The Bertz CT molecular complexity index is 554. The summed E-state index contributed by atoms with van der Waals surface area (Å²) in [5.41, 5.74) is 1.16. The van der Waals surface area contributed by atoms with Gasteiger partial charge in [0.2, 0.25) is 0 Å². The number of nitrogens with zero attached hydrogens (tertiary/aromatic N) is 3. The lowest BCUT2D eigenvalue weighted by Crippen LogP contribution is -2.39. The number of anilines is 1. The van der Waals surface area contributed by atoms with Crippen LogP contribution in [0.25, 0.3) is 0 Å². The minimum atomic E-state index is 0.288. The molecular weight excluding hydrogens is 350 g/mol. The Balaban J connectivity index is 1.26. The summed E-state index contributed by atoms with van der Waals surface area (Å²) in [6, 6.07) is 0. The molecule has 2 fully saturated rings. The smallest absolute Gasteiger partial charge is 0.190 e. The van der Waals surface area contributed by atoms with Gasteiger partial charge in [-0.1, -0.05) is 0 Å².